The first-order chi connectivity index (χ1) is 11.5. The van der Waals surface area contributed by atoms with Crippen molar-refractivity contribution in [1.82, 2.24) is 0 Å². The lowest BCUT2D eigenvalue weighted by atomic mass is 10.2. The van der Waals surface area contributed by atoms with Crippen LogP contribution in [0.15, 0.2) is 42.5 Å². The third-order valence-electron chi connectivity index (χ3n) is 3.07. The molecule has 0 unspecified atom stereocenters. The number of esters is 1. The van der Waals surface area contributed by atoms with Crippen molar-refractivity contribution >= 4 is 40.2 Å². The molecule has 126 valence electrons. The minimum absolute atomic E-state index is 0.181. The van der Waals surface area contributed by atoms with Gasteiger partial charge in [-0.2, -0.15) is 0 Å². The number of hydrogen-bond acceptors (Lipinski definition) is 5. The highest BCUT2D eigenvalue weighted by atomic mass is 127. The number of anilines is 1. The highest BCUT2D eigenvalue weighted by molar-refractivity contribution is 14.1. The zero-order chi connectivity index (χ0) is 17.5. The summed E-state index contributed by atoms with van der Waals surface area (Å²) in [6.07, 6.45) is 0. The number of ether oxygens (including phenoxy) is 3. The Labute approximate surface area is 153 Å². The van der Waals surface area contributed by atoms with Gasteiger partial charge >= 0.3 is 5.97 Å². The molecule has 2 aromatic rings. The van der Waals surface area contributed by atoms with E-state index in [4.69, 9.17) is 9.47 Å². The van der Waals surface area contributed by atoms with Gasteiger partial charge in [0.1, 0.15) is 0 Å². The topological polar surface area (TPSA) is 73.9 Å². The summed E-state index contributed by atoms with van der Waals surface area (Å²) in [4.78, 5) is 23.4. The summed E-state index contributed by atoms with van der Waals surface area (Å²) in [6.45, 7) is -0.181. The van der Waals surface area contributed by atoms with Gasteiger partial charge in [-0.1, -0.05) is 0 Å². The van der Waals surface area contributed by atoms with Crippen molar-refractivity contribution in [2.24, 2.45) is 0 Å². The summed E-state index contributed by atoms with van der Waals surface area (Å²) < 4.78 is 16.4. The van der Waals surface area contributed by atoms with E-state index in [1.807, 2.05) is 24.3 Å². The SMILES string of the molecule is COC(=O)c1ccc(OCC(=O)Nc2ccc(I)cc2)c(OC)c1. The fourth-order valence-electron chi connectivity index (χ4n) is 1.91. The zero-order valence-electron chi connectivity index (χ0n) is 13.2. The second-order valence-corrected chi connectivity index (χ2v) is 5.95. The van der Waals surface area contributed by atoms with E-state index in [-0.39, 0.29) is 12.5 Å². The average Bonchev–Trinajstić information content (AvgIpc) is 2.61. The average molecular weight is 441 g/mol. The van der Waals surface area contributed by atoms with E-state index in [1.165, 1.54) is 20.3 Å². The van der Waals surface area contributed by atoms with E-state index in [1.54, 1.807) is 12.1 Å². The van der Waals surface area contributed by atoms with Crippen LogP contribution in [0.5, 0.6) is 11.5 Å². The van der Waals surface area contributed by atoms with Crippen LogP contribution in [0.3, 0.4) is 0 Å². The molecule has 1 amide bonds. The van der Waals surface area contributed by atoms with Gasteiger partial charge in [-0.25, -0.2) is 4.79 Å². The minimum atomic E-state index is -0.476. The van der Waals surface area contributed by atoms with Crippen LogP contribution in [-0.4, -0.2) is 32.7 Å². The molecule has 0 radical (unpaired) electrons. The van der Waals surface area contributed by atoms with Crippen LogP contribution < -0.4 is 14.8 Å². The summed E-state index contributed by atoms with van der Waals surface area (Å²) >= 11 is 2.19. The molecule has 7 heteroatoms. The molecule has 2 rings (SSSR count). The van der Waals surface area contributed by atoms with Crippen molar-refractivity contribution in [3.63, 3.8) is 0 Å². The monoisotopic (exact) mass is 441 g/mol. The standard InChI is InChI=1S/C17H16INO5/c1-22-15-9-11(17(21)23-2)3-8-14(15)24-10-16(20)19-13-6-4-12(18)5-7-13/h3-9H,10H2,1-2H3,(H,19,20). The summed E-state index contributed by atoms with van der Waals surface area (Å²) in [5.74, 6) is -0.0607. The van der Waals surface area contributed by atoms with Crippen molar-refractivity contribution in [1.29, 1.82) is 0 Å². The van der Waals surface area contributed by atoms with E-state index in [0.29, 0.717) is 22.7 Å². The molecule has 0 atom stereocenters. The lowest BCUT2D eigenvalue weighted by Gasteiger charge is -2.12. The Balaban J connectivity index is 1.99. The molecule has 0 heterocycles. The molecule has 0 fully saturated rings. The number of hydrogen-bond donors (Lipinski definition) is 1. The Hall–Kier alpha value is -2.29. The number of benzene rings is 2. The Bertz CT molecular complexity index is 730. The van der Waals surface area contributed by atoms with Crippen LogP contribution in [0.4, 0.5) is 5.69 Å². The van der Waals surface area contributed by atoms with Gasteiger partial charge in [0, 0.05) is 9.26 Å². The summed E-state index contributed by atoms with van der Waals surface area (Å²) in [5.41, 5.74) is 1.03. The van der Waals surface area contributed by atoms with Gasteiger partial charge in [-0.15, -0.1) is 0 Å². The van der Waals surface area contributed by atoms with Crippen molar-refractivity contribution < 1.29 is 23.8 Å². The molecule has 24 heavy (non-hydrogen) atoms. The molecular weight excluding hydrogens is 425 g/mol. The van der Waals surface area contributed by atoms with E-state index in [0.717, 1.165) is 3.57 Å². The first kappa shape index (κ1) is 18.1. The fourth-order valence-corrected chi connectivity index (χ4v) is 2.26. The maximum absolute atomic E-state index is 11.9. The van der Waals surface area contributed by atoms with Crippen LogP contribution in [0.1, 0.15) is 10.4 Å². The number of methoxy groups -OCH3 is 2. The molecule has 0 saturated heterocycles. The molecule has 2 aromatic carbocycles. The third kappa shape index (κ3) is 4.85. The fraction of sp³-hybridized carbons (Fsp3) is 0.176. The molecule has 0 aliphatic heterocycles. The van der Waals surface area contributed by atoms with Crippen LogP contribution in [0, 0.1) is 3.57 Å². The van der Waals surface area contributed by atoms with Gasteiger partial charge in [0.2, 0.25) is 0 Å². The largest absolute Gasteiger partial charge is 0.493 e. The van der Waals surface area contributed by atoms with Crippen LogP contribution in [-0.2, 0) is 9.53 Å². The Morgan fingerprint density at radius 1 is 1.04 bits per heavy atom. The molecule has 0 saturated carbocycles. The van der Waals surface area contributed by atoms with E-state index < -0.39 is 5.97 Å². The molecule has 0 spiro atoms. The Morgan fingerprint density at radius 3 is 2.38 bits per heavy atom. The maximum atomic E-state index is 11.9. The van der Waals surface area contributed by atoms with E-state index >= 15 is 0 Å². The lowest BCUT2D eigenvalue weighted by molar-refractivity contribution is -0.118. The minimum Gasteiger partial charge on any atom is -0.493 e. The molecule has 1 N–H and O–H groups in total. The summed E-state index contributed by atoms with van der Waals surface area (Å²) in [7, 11) is 2.75. The smallest absolute Gasteiger partial charge is 0.337 e. The first-order valence-corrected chi connectivity index (χ1v) is 8.06. The van der Waals surface area contributed by atoms with Gasteiger partial charge in [-0.05, 0) is 65.1 Å². The van der Waals surface area contributed by atoms with Crippen LogP contribution in [0.25, 0.3) is 0 Å². The Kier molecular flexibility index (Phi) is 6.42. The number of amides is 1. The Morgan fingerprint density at radius 2 is 1.75 bits per heavy atom. The van der Waals surface area contributed by atoms with E-state index in [9.17, 15) is 9.59 Å². The number of nitrogens with one attached hydrogen (secondary N) is 1. The highest BCUT2D eigenvalue weighted by Gasteiger charge is 2.12. The normalized spacial score (nSPS) is 9.96. The number of halogens is 1. The van der Waals surface area contributed by atoms with Crippen molar-refractivity contribution in [2.75, 3.05) is 26.1 Å². The van der Waals surface area contributed by atoms with Gasteiger partial charge in [0.05, 0.1) is 19.8 Å². The van der Waals surface area contributed by atoms with Crippen LogP contribution in [0.2, 0.25) is 0 Å². The predicted molar refractivity (Wildman–Crippen MR) is 97.6 cm³/mol. The van der Waals surface area contributed by atoms with Crippen molar-refractivity contribution in [3.8, 4) is 11.5 Å². The second kappa shape index (κ2) is 8.53. The second-order valence-electron chi connectivity index (χ2n) is 4.70. The number of carbonyl (C=O) groups is 2. The molecule has 0 bridgehead atoms. The molecular formula is C17H16INO5. The van der Waals surface area contributed by atoms with Gasteiger partial charge in [0.15, 0.2) is 18.1 Å². The lowest BCUT2D eigenvalue weighted by Crippen LogP contribution is -2.20. The summed E-state index contributed by atoms with van der Waals surface area (Å²) in [5, 5.41) is 2.73. The molecule has 0 aliphatic carbocycles. The van der Waals surface area contributed by atoms with Crippen molar-refractivity contribution in [3.05, 3.63) is 51.6 Å². The quantitative estimate of drug-likeness (QED) is 0.551. The highest BCUT2D eigenvalue weighted by Crippen LogP contribution is 2.28. The predicted octanol–water partition coefficient (Wildman–Crippen LogP) is 3.10. The van der Waals surface area contributed by atoms with Gasteiger partial charge in [0.25, 0.3) is 5.91 Å². The third-order valence-corrected chi connectivity index (χ3v) is 3.79. The van der Waals surface area contributed by atoms with Gasteiger partial charge < -0.3 is 19.5 Å². The number of rotatable bonds is 6. The van der Waals surface area contributed by atoms with Crippen molar-refractivity contribution in [2.45, 2.75) is 0 Å². The van der Waals surface area contributed by atoms with Crippen LogP contribution >= 0.6 is 22.6 Å². The maximum Gasteiger partial charge on any atom is 0.337 e. The van der Waals surface area contributed by atoms with E-state index in [2.05, 4.69) is 32.6 Å². The first-order valence-electron chi connectivity index (χ1n) is 6.98. The molecule has 0 aliphatic rings. The summed E-state index contributed by atoms with van der Waals surface area (Å²) in [6, 6.07) is 12.0. The zero-order valence-corrected chi connectivity index (χ0v) is 15.3. The molecule has 0 aromatic heterocycles. The molecule has 6 nitrogen and oxygen atoms in total. The van der Waals surface area contributed by atoms with Gasteiger partial charge in [-0.3, -0.25) is 4.79 Å². The number of carbonyl (C=O) groups excluding carboxylic acids is 2.